The average Bonchev–Trinajstić information content (AvgIpc) is 2.48. The van der Waals surface area contributed by atoms with Crippen LogP contribution < -0.4 is 0 Å². The van der Waals surface area contributed by atoms with E-state index in [1.54, 1.807) is 0 Å². The Morgan fingerprint density at radius 1 is 1.30 bits per heavy atom. The molecule has 1 aliphatic heterocycles. The summed E-state index contributed by atoms with van der Waals surface area (Å²) in [4.78, 5) is 0. The maximum atomic E-state index is 9.66. The number of aliphatic hydroxyl groups is 1. The highest BCUT2D eigenvalue weighted by Crippen LogP contribution is 2.49. The van der Waals surface area contributed by atoms with Crippen LogP contribution in [-0.4, -0.2) is 21.7 Å². The first-order chi connectivity index (χ1) is 4.83. The molecule has 0 aromatic carbocycles. The van der Waals surface area contributed by atoms with Crippen LogP contribution in [0.4, 0.5) is 0 Å². The summed E-state index contributed by atoms with van der Waals surface area (Å²) in [5.41, 5.74) is 0. The zero-order valence-corrected chi connectivity index (χ0v) is 6.99. The van der Waals surface area contributed by atoms with E-state index in [0.29, 0.717) is 4.75 Å². The molecular weight excluding hydrogens is 144 g/mol. The summed E-state index contributed by atoms with van der Waals surface area (Å²) in [5.74, 6) is 1.27. The van der Waals surface area contributed by atoms with E-state index in [4.69, 9.17) is 0 Å². The number of hydrogen-bond donors (Lipinski definition) is 1. The Hall–Kier alpha value is 0.310. The van der Waals surface area contributed by atoms with Crippen LogP contribution in [0, 0.1) is 0 Å². The minimum Gasteiger partial charge on any atom is -0.392 e. The first-order valence-electron chi connectivity index (χ1n) is 4.16. The van der Waals surface area contributed by atoms with Gasteiger partial charge in [0.2, 0.25) is 0 Å². The molecule has 2 aliphatic rings. The molecule has 1 saturated heterocycles. The van der Waals surface area contributed by atoms with Gasteiger partial charge in [-0.3, -0.25) is 0 Å². The molecule has 1 aliphatic carbocycles. The monoisotopic (exact) mass is 158 g/mol. The van der Waals surface area contributed by atoms with Gasteiger partial charge in [-0.15, -0.1) is 0 Å². The topological polar surface area (TPSA) is 20.2 Å². The standard InChI is InChI=1S/C8H14OS/c9-7-3-1-4-8(7)5-2-6-10-8/h7,9H,1-6H2. The Labute approximate surface area is 66.2 Å². The van der Waals surface area contributed by atoms with Crippen molar-refractivity contribution >= 4 is 11.8 Å². The third kappa shape index (κ3) is 0.892. The second-order valence-electron chi connectivity index (χ2n) is 3.42. The maximum absolute atomic E-state index is 9.66. The van der Waals surface area contributed by atoms with Crippen LogP contribution in [0.5, 0.6) is 0 Å². The molecule has 2 rings (SSSR count). The summed E-state index contributed by atoms with van der Waals surface area (Å²) in [7, 11) is 0. The van der Waals surface area contributed by atoms with E-state index in [9.17, 15) is 5.11 Å². The summed E-state index contributed by atoms with van der Waals surface area (Å²) in [6.45, 7) is 0. The molecule has 0 radical (unpaired) electrons. The Balaban J connectivity index is 2.11. The Kier molecular flexibility index (Phi) is 1.69. The van der Waals surface area contributed by atoms with Crippen molar-refractivity contribution in [1.82, 2.24) is 0 Å². The second kappa shape index (κ2) is 2.42. The van der Waals surface area contributed by atoms with Gasteiger partial charge in [-0.05, 0) is 37.9 Å². The fraction of sp³-hybridized carbons (Fsp3) is 1.00. The van der Waals surface area contributed by atoms with Crippen molar-refractivity contribution in [3.63, 3.8) is 0 Å². The van der Waals surface area contributed by atoms with E-state index in [1.165, 1.54) is 31.4 Å². The van der Waals surface area contributed by atoms with Crippen molar-refractivity contribution in [3.05, 3.63) is 0 Å². The lowest BCUT2D eigenvalue weighted by molar-refractivity contribution is 0.148. The molecule has 10 heavy (non-hydrogen) atoms. The van der Waals surface area contributed by atoms with Crippen LogP contribution in [-0.2, 0) is 0 Å². The molecular formula is C8H14OS. The number of rotatable bonds is 0. The van der Waals surface area contributed by atoms with Crippen molar-refractivity contribution in [2.45, 2.75) is 43.0 Å². The third-order valence-electron chi connectivity index (χ3n) is 2.82. The largest absolute Gasteiger partial charge is 0.392 e. The molecule has 2 unspecified atom stereocenters. The van der Waals surface area contributed by atoms with Gasteiger partial charge in [0.25, 0.3) is 0 Å². The van der Waals surface area contributed by atoms with Crippen LogP contribution in [0.2, 0.25) is 0 Å². The van der Waals surface area contributed by atoms with Crippen molar-refractivity contribution in [2.24, 2.45) is 0 Å². The Morgan fingerprint density at radius 3 is 2.60 bits per heavy atom. The van der Waals surface area contributed by atoms with Crippen molar-refractivity contribution < 1.29 is 5.11 Å². The minimum absolute atomic E-state index is 0.0139. The summed E-state index contributed by atoms with van der Waals surface area (Å²) >= 11 is 2.01. The summed E-state index contributed by atoms with van der Waals surface area (Å²) in [6.07, 6.45) is 6.15. The molecule has 2 heteroatoms. The molecule has 0 aromatic heterocycles. The van der Waals surface area contributed by atoms with E-state index in [2.05, 4.69) is 0 Å². The normalized spacial score (nSPS) is 47.1. The lowest BCUT2D eigenvalue weighted by atomic mass is 10.00. The molecule has 0 bridgehead atoms. The van der Waals surface area contributed by atoms with Crippen molar-refractivity contribution in [2.75, 3.05) is 5.75 Å². The fourth-order valence-corrected chi connectivity index (χ4v) is 3.79. The van der Waals surface area contributed by atoms with Crippen LogP contribution in [0.15, 0.2) is 0 Å². The van der Waals surface area contributed by atoms with Gasteiger partial charge in [-0.2, -0.15) is 11.8 Å². The number of thioether (sulfide) groups is 1. The van der Waals surface area contributed by atoms with E-state index in [1.807, 2.05) is 11.8 Å². The number of hydrogen-bond acceptors (Lipinski definition) is 2. The zero-order chi connectivity index (χ0) is 7.03. The van der Waals surface area contributed by atoms with Gasteiger partial charge in [0.1, 0.15) is 0 Å². The first-order valence-corrected chi connectivity index (χ1v) is 5.14. The Bertz CT molecular complexity index is 124. The molecule has 1 nitrogen and oxygen atoms in total. The highest BCUT2D eigenvalue weighted by molar-refractivity contribution is 8.01. The molecule has 58 valence electrons. The highest BCUT2D eigenvalue weighted by atomic mass is 32.2. The predicted molar refractivity (Wildman–Crippen MR) is 44.3 cm³/mol. The SMILES string of the molecule is OC1CCCC12CCCS2. The van der Waals surface area contributed by atoms with Gasteiger partial charge in [-0.1, -0.05) is 0 Å². The second-order valence-corrected chi connectivity index (χ2v) is 4.93. The lowest BCUT2D eigenvalue weighted by Gasteiger charge is -2.25. The smallest absolute Gasteiger partial charge is 0.0686 e. The Morgan fingerprint density at radius 2 is 2.10 bits per heavy atom. The molecule has 1 saturated carbocycles. The molecule has 0 amide bonds. The van der Waals surface area contributed by atoms with Crippen LogP contribution in [0.1, 0.15) is 32.1 Å². The van der Waals surface area contributed by atoms with Crippen LogP contribution >= 0.6 is 11.8 Å². The lowest BCUT2D eigenvalue weighted by Crippen LogP contribution is -2.30. The predicted octanol–water partition coefficient (Wildman–Crippen LogP) is 1.80. The van der Waals surface area contributed by atoms with Gasteiger partial charge in [0.05, 0.1) is 6.10 Å². The first kappa shape index (κ1) is 6.99. The van der Waals surface area contributed by atoms with Gasteiger partial charge >= 0.3 is 0 Å². The fourth-order valence-electron chi connectivity index (χ4n) is 2.20. The average molecular weight is 158 g/mol. The van der Waals surface area contributed by atoms with Crippen LogP contribution in [0.3, 0.4) is 0 Å². The van der Waals surface area contributed by atoms with Gasteiger partial charge in [0.15, 0.2) is 0 Å². The summed E-state index contributed by atoms with van der Waals surface area (Å²) in [5, 5.41) is 9.66. The van der Waals surface area contributed by atoms with E-state index in [-0.39, 0.29) is 6.10 Å². The van der Waals surface area contributed by atoms with Crippen molar-refractivity contribution in [3.8, 4) is 0 Å². The van der Waals surface area contributed by atoms with E-state index in [0.717, 1.165) is 6.42 Å². The van der Waals surface area contributed by atoms with Gasteiger partial charge in [-0.25, -0.2) is 0 Å². The van der Waals surface area contributed by atoms with E-state index < -0.39 is 0 Å². The molecule has 1 spiro atoms. The highest BCUT2D eigenvalue weighted by Gasteiger charge is 2.44. The van der Waals surface area contributed by atoms with Crippen LogP contribution in [0.25, 0.3) is 0 Å². The molecule has 1 N–H and O–H groups in total. The molecule has 0 aromatic rings. The molecule has 2 fully saturated rings. The summed E-state index contributed by atoms with van der Waals surface area (Å²) in [6, 6.07) is 0. The van der Waals surface area contributed by atoms with Gasteiger partial charge in [0, 0.05) is 4.75 Å². The zero-order valence-electron chi connectivity index (χ0n) is 6.18. The molecule has 1 heterocycles. The summed E-state index contributed by atoms with van der Waals surface area (Å²) < 4.78 is 0.319. The van der Waals surface area contributed by atoms with Crippen molar-refractivity contribution in [1.29, 1.82) is 0 Å². The third-order valence-corrected chi connectivity index (χ3v) is 4.57. The quantitative estimate of drug-likeness (QED) is 0.580. The minimum atomic E-state index is 0.0139. The molecule has 2 atom stereocenters. The van der Waals surface area contributed by atoms with Gasteiger partial charge < -0.3 is 5.11 Å². The maximum Gasteiger partial charge on any atom is 0.0686 e. The number of aliphatic hydroxyl groups excluding tert-OH is 1. The van der Waals surface area contributed by atoms with E-state index >= 15 is 0 Å².